The van der Waals surface area contributed by atoms with Crippen molar-refractivity contribution in [3.63, 3.8) is 0 Å². The zero-order chi connectivity index (χ0) is 17.4. The van der Waals surface area contributed by atoms with E-state index in [1.54, 1.807) is 13.8 Å². The first kappa shape index (κ1) is 17.2. The summed E-state index contributed by atoms with van der Waals surface area (Å²) < 4.78 is 27.7. The maximum atomic E-state index is 12.5. The number of non-ortho nitro benzene ring substituents is 1. The highest BCUT2D eigenvalue weighted by atomic mass is 79.9. The SMILES string of the molecule is Cc1cc(O)c(Br)c(C)c1NS(=O)(=O)c1cccc([N+](=O)[O-])c1. The van der Waals surface area contributed by atoms with Gasteiger partial charge in [-0.05, 0) is 53.0 Å². The summed E-state index contributed by atoms with van der Waals surface area (Å²) in [6.45, 7) is 3.28. The van der Waals surface area contributed by atoms with Crippen LogP contribution in [0.2, 0.25) is 0 Å². The number of anilines is 1. The Hall–Kier alpha value is -2.13. The van der Waals surface area contributed by atoms with Gasteiger partial charge in [0, 0.05) is 12.1 Å². The summed E-state index contributed by atoms with van der Waals surface area (Å²) in [6, 6.07) is 6.20. The number of nitrogens with zero attached hydrogens (tertiary/aromatic N) is 1. The average Bonchev–Trinajstić information content (AvgIpc) is 2.49. The highest BCUT2D eigenvalue weighted by Gasteiger charge is 2.21. The summed E-state index contributed by atoms with van der Waals surface area (Å²) in [6.07, 6.45) is 0. The van der Waals surface area contributed by atoms with Crippen molar-refractivity contribution in [2.24, 2.45) is 0 Å². The average molecular weight is 401 g/mol. The van der Waals surface area contributed by atoms with Gasteiger partial charge in [0.15, 0.2) is 0 Å². The van der Waals surface area contributed by atoms with Gasteiger partial charge in [-0.2, -0.15) is 0 Å². The number of nitro groups is 1. The number of hydrogen-bond donors (Lipinski definition) is 2. The number of sulfonamides is 1. The third-order valence-electron chi connectivity index (χ3n) is 3.25. The van der Waals surface area contributed by atoms with Gasteiger partial charge in [-0.3, -0.25) is 14.8 Å². The minimum Gasteiger partial charge on any atom is -0.507 e. The van der Waals surface area contributed by atoms with Gasteiger partial charge in [0.05, 0.1) is 20.0 Å². The van der Waals surface area contributed by atoms with E-state index in [0.717, 1.165) is 6.07 Å². The minimum atomic E-state index is -4.00. The highest BCUT2D eigenvalue weighted by Crippen LogP contribution is 2.36. The Bertz CT molecular complexity index is 896. The van der Waals surface area contributed by atoms with Crippen LogP contribution in [-0.4, -0.2) is 18.4 Å². The first-order chi connectivity index (χ1) is 10.6. The molecule has 0 amide bonds. The molecule has 2 aromatic rings. The number of benzene rings is 2. The van der Waals surface area contributed by atoms with Crippen molar-refractivity contribution in [2.75, 3.05) is 4.72 Å². The zero-order valence-corrected chi connectivity index (χ0v) is 14.6. The molecule has 0 spiro atoms. The van der Waals surface area contributed by atoms with Crippen LogP contribution in [0, 0.1) is 24.0 Å². The number of nitrogens with one attached hydrogen (secondary N) is 1. The largest absolute Gasteiger partial charge is 0.507 e. The first-order valence-electron chi connectivity index (χ1n) is 6.39. The van der Waals surface area contributed by atoms with E-state index in [-0.39, 0.29) is 16.3 Å². The lowest BCUT2D eigenvalue weighted by Gasteiger charge is -2.15. The van der Waals surface area contributed by atoms with Gasteiger partial charge in [-0.25, -0.2) is 8.42 Å². The van der Waals surface area contributed by atoms with E-state index in [2.05, 4.69) is 20.7 Å². The molecule has 2 aromatic carbocycles. The molecule has 2 rings (SSSR count). The van der Waals surface area contributed by atoms with E-state index in [0.29, 0.717) is 21.3 Å². The molecule has 0 aliphatic carbocycles. The van der Waals surface area contributed by atoms with Crippen LogP contribution in [0.25, 0.3) is 0 Å². The number of halogens is 1. The number of hydrogen-bond acceptors (Lipinski definition) is 5. The van der Waals surface area contributed by atoms with Crippen LogP contribution in [0.1, 0.15) is 11.1 Å². The Kier molecular flexibility index (Phi) is 4.62. The molecular weight excluding hydrogens is 388 g/mol. The lowest BCUT2D eigenvalue weighted by Crippen LogP contribution is -2.15. The molecule has 7 nitrogen and oxygen atoms in total. The number of aromatic hydroxyl groups is 1. The minimum absolute atomic E-state index is 0.00158. The number of rotatable bonds is 4. The molecule has 23 heavy (non-hydrogen) atoms. The lowest BCUT2D eigenvalue weighted by atomic mass is 10.1. The van der Waals surface area contributed by atoms with Crippen LogP contribution in [0.3, 0.4) is 0 Å². The Balaban J connectivity index is 2.50. The van der Waals surface area contributed by atoms with Crippen LogP contribution in [-0.2, 0) is 10.0 Å². The molecule has 0 aliphatic heterocycles. The molecule has 0 atom stereocenters. The van der Waals surface area contributed by atoms with Crippen molar-refractivity contribution in [3.05, 3.63) is 56.0 Å². The molecule has 0 heterocycles. The standard InChI is InChI=1S/C14H13BrN2O5S/c1-8-6-12(18)13(15)9(2)14(8)16-23(21,22)11-5-3-4-10(7-11)17(19)20/h3-7,16,18H,1-2H3. The number of phenolic OH excluding ortho intramolecular Hbond substituents is 1. The summed E-state index contributed by atoms with van der Waals surface area (Å²) in [5, 5.41) is 20.5. The molecule has 0 bridgehead atoms. The first-order valence-corrected chi connectivity index (χ1v) is 8.67. The summed E-state index contributed by atoms with van der Waals surface area (Å²) in [4.78, 5) is 9.91. The molecule has 0 radical (unpaired) electrons. The van der Waals surface area contributed by atoms with Gasteiger partial charge in [-0.1, -0.05) is 6.07 Å². The smallest absolute Gasteiger partial charge is 0.270 e. The van der Waals surface area contributed by atoms with Gasteiger partial charge >= 0.3 is 0 Å². The third-order valence-corrected chi connectivity index (χ3v) is 5.60. The molecule has 0 saturated heterocycles. The topological polar surface area (TPSA) is 110 Å². The van der Waals surface area contributed by atoms with Crippen molar-refractivity contribution in [1.29, 1.82) is 0 Å². The monoisotopic (exact) mass is 400 g/mol. The Morgan fingerprint density at radius 2 is 1.91 bits per heavy atom. The summed E-state index contributed by atoms with van der Waals surface area (Å²) in [5.74, 6) is -0.00158. The van der Waals surface area contributed by atoms with Gasteiger partial charge in [0.25, 0.3) is 15.7 Å². The van der Waals surface area contributed by atoms with Crippen molar-refractivity contribution in [1.82, 2.24) is 0 Å². The van der Waals surface area contributed by atoms with Crippen LogP contribution >= 0.6 is 15.9 Å². The molecule has 0 fully saturated rings. The maximum absolute atomic E-state index is 12.5. The van der Waals surface area contributed by atoms with E-state index in [9.17, 15) is 23.6 Å². The molecular formula is C14H13BrN2O5S. The third kappa shape index (κ3) is 3.45. The van der Waals surface area contributed by atoms with Crippen LogP contribution in [0.5, 0.6) is 5.75 Å². The van der Waals surface area contributed by atoms with Crippen molar-refractivity contribution in [2.45, 2.75) is 18.7 Å². The summed E-state index contributed by atoms with van der Waals surface area (Å²) in [7, 11) is -4.00. The second-order valence-electron chi connectivity index (χ2n) is 4.89. The van der Waals surface area contributed by atoms with Gasteiger partial charge < -0.3 is 5.11 Å². The highest BCUT2D eigenvalue weighted by molar-refractivity contribution is 9.10. The van der Waals surface area contributed by atoms with Gasteiger partial charge in [0.1, 0.15) is 5.75 Å². The van der Waals surface area contributed by atoms with E-state index in [4.69, 9.17) is 0 Å². The van der Waals surface area contributed by atoms with E-state index < -0.39 is 14.9 Å². The van der Waals surface area contributed by atoms with Crippen molar-refractivity contribution >= 4 is 37.3 Å². The van der Waals surface area contributed by atoms with E-state index in [1.807, 2.05) is 0 Å². The second kappa shape index (κ2) is 6.17. The van der Waals surface area contributed by atoms with Crippen LogP contribution < -0.4 is 4.72 Å². The molecule has 122 valence electrons. The molecule has 0 unspecified atom stereocenters. The molecule has 2 N–H and O–H groups in total. The predicted octanol–water partition coefficient (Wildman–Crippen LogP) is 3.48. The molecule has 9 heteroatoms. The van der Waals surface area contributed by atoms with Crippen LogP contribution in [0.15, 0.2) is 39.7 Å². The zero-order valence-electron chi connectivity index (χ0n) is 12.2. The fraction of sp³-hybridized carbons (Fsp3) is 0.143. The summed E-state index contributed by atoms with van der Waals surface area (Å²) >= 11 is 3.18. The lowest BCUT2D eigenvalue weighted by molar-refractivity contribution is -0.385. The molecule has 0 aliphatic rings. The fourth-order valence-electron chi connectivity index (χ4n) is 2.05. The summed E-state index contributed by atoms with van der Waals surface area (Å²) in [5.41, 5.74) is 1.03. The van der Waals surface area contributed by atoms with E-state index in [1.165, 1.54) is 24.3 Å². The number of aryl methyl sites for hydroxylation is 1. The number of nitro benzene ring substituents is 1. The maximum Gasteiger partial charge on any atom is 0.270 e. The normalized spacial score (nSPS) is 11.3. The molecule has 0 saturated carbocycles. The predicted molar refractivity (Wildman–Crippen MR) is 89.2 cm³/mol. The van der Waals surface area contributed by atoms with Crippen molar-refractivity contribution < 1.29 is 18.4 Å². The number of phenols is 1. The Labute approximate surface area is 141 Å². The van der Waals surface area contributed by atoms with Crippen LogP contribution in [0.4, 0.5) is 11.4 Å². The quantitative estimate of drug-likeness (QED) is 0.463. The molecule has 0 aromatic heterocycles. The Morgan fingerprint density at radius 1 is 1.26 bits per heavy atom. The van der Waals surface area contributed by atoms with E-state index >= 15 is 0 Å². The second-order valence-corrected chi connectivity index (χ2v) is 7.36. The van der Waals surface area contributed by atoms with Crippen molar-refractivity contribution in [3.8, 4) is 5.75 Å². The Morgan fingerprint density at radius 3 is 2.52 bits per heavy atom. The van der Waals surface area contributed by atoms with Gasteiger partial charge in [-0.15, -0.1) is 0 Å². The van der Waals surface area contributed by atoms with Gasteiger partial charge in [0.2, 0.25) is 0 Å². The fourth-order valence-corrected chi connectivity index (χ4v) is 3.60.